The minimum Gasteiger partial charge on any atom is -0.465 e. The molecule has 0 aliphatic heterocycles. The first-order valence-electron chi connectivity index (χ1n) is 7.96. The summed E-state index contributed by atoms with van der Waals surface area (Å²) < 4.78 is 33.0. The number of benzene rings is 1. The van der Waals surface area contributed by atoms with Crippen molar-refractivity contribution in [1.29, 1.82) is 0 Å². The maximum absolute atomic E-state index is 13.2. The number of rotatable bonds is 5. The standard InChI is InChI=1S/C18H17ClN2O4S/c1-3-25-16(22)11-21-12(2)18(17-15(21)5-4-10-20-17)26(23,24)14-8-6-13(19)7-9-14/h4-10H,3,11H2,1-2H3. The Kier molecular flexibility index (Phi) is 5.02. The van der Waals surface area contributed by atoms with Crippen LogP contribution in [0.1, 0.15) is 12.6 Å². The monoisotopic (exact) mass is 392 g/mol. The van der Waals surface area contributed by atoms with Crippen molar-refractivity contribution in [3.63, 3.8) is 0 Å². The van der Waals surface area contributed by atoms with Gasteiger partial charge >= 0.3 is 5.97 Å². The molecule has 3 aromatic rings. The Morgan fingerprint density at radius 3 is 2.58 bits per heavy atom. The molecule has 0 fully saturated rings. The van der Waals surface area contributed by atoms with Gasteiger partial charge < -0.3 is 9.30 Å². The van der Waals surface area contributed by atoms with E-state index in [0.717, 1.165) is 0 Å². The molecule has 0 aliphatic rings. The third kappa shape index (κ3) is 3.20. The normalized spacial score (nSPS) is 11.7. The fourth-order valence-electron chi connectivity index (χ4n) is 2.86. The van der Waals surface area contributed by atoms with Gasteiger partial charge in [-0.15, -0.1) is 0 Å². The van der Waals surface area contributed by atoms with E-state index >= 15 is 0 Å². The zero-order valence-electron chi connectivity index (χ0n) is 14.3. The molecular weight excluding hydrogens is 376 g/mol. The van der Waals surface area contributed by atoms with Gasteiger partial charge in [-0.1, -0.05) is 11.6 Å². The second-order valence-corrected chi connectivity index (χ2v) is 7.96. The molecule has 8 heteroatoms. The van der Waals surface area contributed by atoms with Crippen LogP contribution < -0.4 is 0 Å². The van der Waals surface area contributed by atoms with Crippen molar-refractivity contribution in [3.05, 3.63) is 53.3 Å². The highest BCUT2D eigenvalue weighted by atomic mass is 35.5. The molecule has 0 saturated heterocycles. The van der Waals surface area contributed by atoms with Crippen LogP contribution in [0.25, 0.3) is 11.0 Å². The maximum atomic E-state index is 13.2. The van der Waals surface area contributed by atoms with E-state index in [1.165, 1.54) is 30.5 Å². The third-order valence-corrected chi connectivity index (χ3v) is 6.18. The van der Waals surface area contributed by atoms with E-state index in [1.807, 2.05) is 0 Å². The number of halogens is 1. The average molecular weight is 393 g/mol. The molecule has 0 spiro atoms. The fraction of sp³-hybridized carbons (Fsp3) is 0.222. The van der Waals surface area contributed by atoms with Crippen molar-refractivity contribution in [2.75, 3.05) is 6.61 Å². The highest BCUT2D eigenvalue weighted by Gasteiger charge is 2.28. The Bertz CT molecular complexity index is 1070. The first kappa shape index (κ1) is 18.4. The molecule has 0 aliphatic carbocycles. The lowest BCUT2D eigenvalue weighted by atomic mass is 10.4. The summed E-state index contributed by atoms with van der Waals surface area (Å²) in [5, 5.41) is 0.448. The quantitative estimate of drug-likeness (QED) is 0.622. The Balaban J connectivity index is 2.22. The lowest BCUT2D eigenvalue weighted by Gasteiger charge is -2.08. The number of hydrogen-bond donors (Lipinski definition) is 0. The van der Waals surface area contributed by atoms with E-state index in [4.69, 9.17) is 16.3 Å². The first-order chi connectivity index (χ1) is 12.4. The van der Waals surface area contributed by atoms with E-state index in [-0.39, 0.29) is 22.9 Å². The average Bonchev–Trinajstić information content (AvgIpc) is 2.88. The zero-order chi connectivity index (χ0) is 18.9. The van der Waals surface area contributed by atoms with Gasteiger partial charge in [0.05, 0.1) is 17.0 Å². The lowest BCUT2D eigenvalue weighted by Crippen LogP contribution is -2.15. The molecule has 0 atom stereocenters. The highest BCUT2D eigenvalue weighted by Crippen LogP contribution is 2.33. The lowest BCUT2D eigenvalue weighted by molar-refractivity contribution is -0.143. The molecule has 0 unspecified atom stereocenters. The second kappa shape index (κ2) is 7.09. The minimum absolute atomic E-state index is 0.0831. The van der Waals surface area contributed by atoms with Crippen molar-refractivity contribution in [2.24, 2.45) is 0 Å². The number of sulfone groups is 1. The van der Waals surface area contributed by atoms with Gasteiger partial charge in [-0.2, -0.15) is 0 Å². The van der Waals surface area contributed by atoms with Gasteiger partial charge in [-0.3, -0.25) is 9.78 Å². The topological polar surface area (TPSA) is 78.3 Å². The van der Waals surface area contributed by atoms with Crippen LogP contribution in [0.4, 0.5) is 0 Å². The number of nitrogens with zero attached hydrogens (tertiary/aromatic N) is 2. The first-order valence-corrected chi connectivity index (χ1v) is 9.82. The summed E-state index contributed by atoms with van der Waals surface area (Å²) in [6.45, 7) is 3.55. The summed E-state index contributed by atoms with van der Waals surface area (Å²) in [6, 6.07) is 9.38. The summed E-state index contributed by atoms with van der Waals surface area (Å²) in [6.07, 6.45) is 1.53. The van der Waals surface area contributed by atoms with E-state index in [2.05, 4.69) is 4.98 Å². The molecule has 0 saturated carbocycles. The second-order valence-electron chi connectivity index (χ2n) is 5.63. The van der Waals surface area contributed by atoms with Crippen LogP contribution in [0, 0.1) is 6.92 Å². The number of pyridine rings is 1. The zero-order valence-corrected chi connectivity index (χ0v) is 15.8. The highest BCUT2D eigenvalue weighted by molar-refractivity contribution is 7.91. The van der Waals surface area contributed by atoms with Gasteiger partial charge in [-0.25, -0.2) is 8.42 Å². The van der Waals surface area contributed by atoms with Crippen molar-refractivity contribution in [2.45, 2.75) is 30.2 Å². The summed E-state index contributed by atoms with van der Waals surface area (Å²) in [5.74, 6) is -0.438. The number of ether oxygens (including phenoxy) is 1. The Morgan fingerprint density at radius 1 is 1.23 bits per heavy atom. The number of aromatic nitrogens is 2. The van der Waals surface area contributed by atoms with Crippen LogP contribution in [-0.4, -0.2) is 30.5 Å². The van der Waals surface area contributed by atoms with E-state index in [1.54, 1.807) is 30.5 Å². The van der Waals surface area contributed by atoms with Gasteiger partial charge in [0.1, 0.15) is 17.0 Å². The molecular formula is C18H17ClN2O4S. The number of carbonyl (C=O) groups excluding carboxylic acids is 1. The van der Waals surface area contributed by atoms with Crippen LogP contribution in [0.2, 0.25) is 5.02 Å². The van der Waals surface area contributed by atoms with Crippen LogP contribution >= 0.6 is 11.6 Å². The molecule has 0 bridgehead atoms. The van der Waals surface area contributed by atoms with Gasteiger partial charge in [0.2, 0.25) is 9.84 Å². The van der Waals surface area contributed by atoms with Gasteiger partial charge in [0, 0.05) is 16.9 Å². The molecule has 0 amide bonds. The molecule has 26 heavy (non-hydrogen) atoms. The van der Waals surface area contributed by atoms with E-state index < -0.39 is 15.8 Å². The molecule has 2 heterocycles. The van der Waals surface area contributed by atoms with Gasteiger partial charge in [0.15, 0.2) is 0 Å². The maximum Gasteiger partial charge on any atom is 0.325 e. The van der Waals surface area contributed by atoms with Crippen molar-refractivity contribution >= 4 is 38.4 Å². The Morgan fingerprint density at radius 2 is 1.92 bits per heavy atom. The minimum atomic E-state index is -3.83. The number of esters is 1. The van der Waals surface area contributed by atoms with Crippen molar-refractivity contribution in [1.82, 2.24) is 9.55 Å². The fourth-order valence-corrected chi connectivity index (χ4v) is 4.62. The Labute approximate surface area is 156 Å². The van der Waals surface area contributed by atoms with Crippen LogP contribution in [0.3, 0.4) is 0 Å². The largest absolute Gasteiger partial charge is 0.465 e. The summed E-state index contributed by atoms with van der Waals surface area (Å²) >= 11 is 5.86. The predicted molar refractivity (Wildman–Crippen MR) is 98.0 cm³/mol. The molecule has 0 N–H and O–H groups in total. The van der Waals surface area contributed by atoms with Crippen molar-refractivity contribution < 1.29 is 17.9 Å². The van der Waals surface area contributed by atoms with Crippen LogP contribution in [0.5, 0.6) is 0 Å². The molecule has 1 aromatic carbocycles. The number of fused-ring (bicyclic) bond motifs is 1. The third-order valence-electron chi connectivity index (χ3n) is 4.01. The molecule has 0 radical (unpaired) electrons. The van der Waals surface area contributed by atoms with Crippen LogP contribution in [-0.2, 0) is 25.9 Å². The molecule has 3 rings (SSSR count). The molecule has 6 nitrogen and oxygen atoms in total. The van der Waals surface area contributed by atoms with Crippen molar-refractivity contribution in [3.8, 4) is 0 Å². The number of carbonyl (C=O) groups is 1. The van der Waals surface area contributed by atoms with Crippen LogP contribution in [0.15, 0.2) is 52.4 Å². The summed E-state index contributed by atoms with van der Waals surface area (Å²) in [7, 11) is -3.83. The van der Waals surface area contributed by atoms with E-state index in [0.29, 0.717) is 21.7 Å². The SMILES string of the molecule is CCOC(=O)Cn1c(C)c(S(=O)(=O)c2ccc(Cl)cc2)c2ncccc21. The molecule has 2 aromatic heterocycles. The van der Waals surface area contributed by atoms with E-state index in [9.17, 15) is 13.2 Å². The summed E-state index contributed by atoms with van der Waals surface area (Å²) in [4.78, 5) is 16.4. The molecule has 136 valence electrons. The Hall–Kier alpha value is -2.38. The number of hydrogen-bond acceptors (Lipinski definition) is 5. The summed E-state index contributed by atoms with van der Waals surface area (Å²) in [5.41, 5.74) is 1.32. The smallest absolute Gasteiger partial charge is 0.325 e. The van der Waals surface area contributed by atoms with Gasteiger partial charge in [0.25, 0.3) is 0 Å². The van der Waals surface area contributed by atoms with Gasteiger partial charge in [-0.05, 0) is 50.2 Å². The predicted octanol–water partition coefficient (Wildman–Crippen LogP) is 3.39.